The number of phenols is 1. The smallest absolute Gasteiger partial charge is 0.185 e. The molecule has 2 aromatic rings. The number of rotatable bonds is 11. The van der Waals surface area contributed by atoms with Crippen molar-refractivity contribution in [3.63, 3.8) is 0 Å². The fourth-order valence-electron chi connectivity index (χ4n) is 2.81. The van der Waals surface area contributed by atoms with Crippen LogP contribution in [0.25, 0.3) is 6.08 Å². The maximum atomic E-state index is 12.4. The molecule has 0 saturated heterocycles. The fourth-order valence-corrected chi connectivity index (χ4v) is 2.81. The van der Waals surface area contributed by atoms with Crippen LogP contribution < -0.4 is 9.47 Å². The summed E-state index contributed by atoms with van der Waals surface area (Å²) in [6, 6.07) is 10.2. The summed E-state index contributed by atoms with van der Waals surface area (Å²) in [6.07, 6.45) is 7.05. The van der Waals surface area contributed by atoms with Gasteiger partial charge in [-0.05, 0) is 67.3 Å². The lowest BCUT2D eigenvalue weighted by Crippen LogP contribution is -2.04. The first-order valence-electron chi connectivity index (χ1n) is 10.0. The van der Waals surface area contributed by atoms with E-state index in [1.807, 2.05) is 12.1 Å². The maximum Gasteiger partial charge on any atom is 0.185 e. The lowest BCUT2D eigenvalue weighted by Gasteiger charge is -2.17. The first-order chi connectivity index (χ1) is 13.6. The average molecular weight is 383 g/mol. The van der Waals surface area contributed by atoms with Gasteiger partial charge < -0.3 is 14.6 Å². The number of carbonyl (C=O) groups is 1. The highest BCUT2D eigenvalue weighted by Crippen LogP contribution is 2.33. The molecule has 0 saturated carbocycles. The van der Waals surface area contributed by atoms with Gasteiger partial charge in [0, 0.05) is 11.1 Å². The van der Waals surface area contributed by atoms with E-state index in [-0.39, 0.29) is 11.5 Å². The molecular weight excluding hydrogens is 352 g/mol. The summed E-state index contributed by atoms with van der Waals surface area (Å²) < 4.78 is 12.0. The van der Waals surface area contributed by atoms with E-state index in [2.05, 4.69) is 20.8 Å². The molecule has 0 unspecified atom stereocenters. The molecule has 0 radical (unpaired) electrons. The Bertz CT molecular complexity index is 762. The van der Waals surface area contributed by atoms with Crippen LogP contribution in [0.2, 0.25) is 0 Å². The Hall–Kier alpha value is -2.75. The minimum atomic E-state index is -0.121. The number of aromatic hydroxyl groups is 1. The summed E-state index contributed by atoms with van der Waals surface area (Å²) in [4.78, 5) is 12.4. The quantitative estimate of drug-likeness (QED) is 0.393. The Morgan fingerprint density at radius 1 is 0.929 bits per heavy atom. The molecule has 0 amide bonds. The molecule has 0 aliphatic carbocycles. The standard InChI is InChI=1S/C24H30O4/c1-4-7-21-23(27-14-5-2)16-18(17-24(21)28-15-6-3)8-13-22(26)19-9-11-20(25)12-10-19/h8-13,16-17,25H,4-7,14-15H2,1-3H3. The molecule has 0 bridgehead atoms. The number of ketones is 1. The summed E-state index contributed by atoms with van der Waals surface area (Å²) in [5.41, 5.74) is 2.48. The first kappa shape index (κ1) is 21.5. The Morgan fingerprint density at radius 3 is 2.00 bits per heavy atom. The topological polar surface area (TPSA) is 55.8 Å². The van der Waals surface area contributed by atoms with Crippen LogP contribution in [0.15, 0.2) is 42.5 Å². The molecule has 28 heavy (non-hydrogen) atoms. The van der Waals surface area contributed by atoms with Crippen LogP contribution in [0, 0.1) is 0 Å². The molecule has 0 atom stereocenters. The molecule has 0 fully saturated rings. The molecule has 0 aromatic heterocycles. The van der Waals surface area contributed by atoms with Crippen LogP contribution in [0.1, 0.15) is 61.5 Å². The molecule has 4 heteroatoms. The fraction of sp³-hybridized carbons (Fsp3) is 0.375. The SMILES string of the molecule is CCCOc1cc(C=CC(=O)c2ccc(O)cc2)cc(OCCC)c1CCC. The highest BCUT2D eigenvalue weighted by molar-refractivity contribution is 6.06. The van der Waals surface area contributed by atoms with Crippen molar-refractivity contribution in [3.05, 3.63) is 59.2 Å². The average Bonchev–Trinajstić information content (AvgIpc) is 2.71. The molecule has 150 valence electrons. The van der Waals surface area contributed by atoms with E-state index in [9.17, 15) is 9.90 Å². The number of phenolic OH excluding ortho intramolecular Hbond substituents is 1. The Balaban J connectivity index is 2.33. The monoisotopic (exact) mass is 382 g/mol. The van der Waals surface area contributed by atoms with E-state index < -0.39 is 0 Å². The molecule has 2 aromatic carbocycles. The third kappa shape index (κ3) is 6.15. The molecule has 4 nitrogen and oxygen atoms in total. The van der Waals surface area contributed by atoms with Gasteiger partial charge in [0.15, 0.2) is 5.78 Å². The molecule has 0 aliphatic heterocycles. The van der Waals surface area contributed by atoms with E-state index in [4.69, 9.17) is 9.47 Å². The van der Waals surface area contributed by atoms with Crippen LogP contribution in [0.4, 0.5) is 0 Å². The number of allylic oxidation sites excluding steroid dienone is 1. The van der Waals surface area contributed by atoms with E-state index in [0.717, 1.165) is 48.3 Å². The van der Waals surface area contributed by atoms with Gasteiger partial charge in [-0.25, -0.2) is 0 Å². The number of carbonyl (C=O) groups excluding carboxylic acids is 1. The number of benzene rings is 2. The van der Waals surface area contributed by atoms with Crippen molar-refractivity contribution >= 4 is 11.9 Å². The normalized spacial score (nSPS) is 11.0. The van der Waals surface area contributed by atoms with Gasteiger partial charge in [-0.3, -0.25) is 4.79 Å². The number of ether oxygens (including phenoxy) is 2. The minimum absolute atomic E-state index is 0.121. The summed E-state index contributed by atoms with van der Waals surface area (Å²) in [5.74, 6) is 1.68. The van der Waals surface area contributed by atoms with E-state index in [0.29, 0.717) is 18.8 Å². The summed E-state index contributed by atoms with van der Waals surface area (Å²) in [7, 11) is 0. The Kier molecular flexibility index (Phi) is 8.60. The highest BCUT2D eigenvalue weighted by Gasteiger charge is 2.13. The van der Waals surface area contributed by atoms with Gasteiger partial charge in [-0.15, -0.1) is 0 Å². The van der Waals surface area contributed by atoms with Crippen molar-refractivity contribution in [1.29, 1.82) is 0 Å². The van der Waals surface area contributed by atoms with Gasteiger partial charge >= 0.3 is 0 Å². The van der Waals surface area contributed by atoms with Crippen LogP contribution in [-0.2, 0) is 6.42 Å². The lowest BCUT2D eigenvalue weighted by molar-refractivity contribution is 0.104. The van der Waals surface area contributed by atoms with Crippen molar-refractivity contribution in [2.24, 2.45) is 0 Å². The third-order valence-corrected chi connectivity index (χ3v) is 4.19. The second-order valence-corrected chi connectivity index (χ2v) is 6.69. The summed E-state index contributed by atoms with van der Waals surface area (Å²) >= 11 is 0. The van der Waals surface area contributed by atoms with E-state index >= 15 is 0 Å². The summed E-state index contributed by atoms with van der Waals surface area (Å²) in [6.45, 7) is 7.58. The van der Waals surface area contributed by atoms with Gasteiger partial charge in [0.2, 0.25) is 0 Å². The van der Waals surface area contributed by atoms with Gasteiger partial charge in [0.05, 0.1) is 13.2 Å². The van der Waals surface area contributed by atoms with Gasteiger partial charge in [0.25, 0.3) is 0 Å². The molecule has 0 spiro atoms. The maximum absolute atomic E-state index is 12.4. The second-order valence-electron chi connectivity index (χ2n) is 6.69. The number of hydrogen-bond acceptors (Lipinski definition) is 4. The molecular formula is C24H30O4. The van der Waals surface area contributed by atoms with E-state index in [1.165, 1.54) is 18.2 Å². The predicted octanol–water partition coefficient (Wildman–Crippen LogP) is 5.82. The van der Waals surface area contributed by atoms with Crippen LogP contribution >= 0.6 is 0 Å². The molecule has 1 N–H and O–H groups in total. The zero-order valence-electron chi connectivity index (χ0n) is 17.0. The van der Waals surface area contributed by atoms with Crippen molar-refractivity contribution in [3.8, 4) is 17.2 Å². The first-order valence-corrected chi connectivity index (χ1v) is 10.0. The van der Waals surface area contributed by atoms with Crippen LogP contribution in [0.3, 0.4) is 0 Å². The van der Waals surface area contributed by atoms with Crippen LogP contribution in [0.5, 0.6) is 17.2 Å². The largest absolute Gasteiger partial charge is 0.508 e. The van der Waals surface area contributed by atoms with Crippen molar-refractivity contribution < 1.29 is 19.4 Å². The van der Waals surface area contributed by atoms with Gasteiger partial charge in [-0.1, -0.05) is 33.3 Å². The van der Waals surface area contributed by atoms with Crippen molar-refractivity contribution in [1.82, 2.24) is 0 Å². The van der Waals surface area contributed by atoms with Gasteiger partial charge in [0.1, 0.15) is 17.2 Å². The Labute approximate surface area is 167 Å². The van der Waals surface area contributed by atoms with Crippen molar-refractivity contribution in [2.75, 3.05) is 13.2 Å². The van der Waals surface area contributed by atoms with Crippen molar-refractivity contribution in [2.45, 2.75) is 46.5 Å². The van der Waals surface area contributed by atoms with Crippen LogP contribution in [-0.4, -0.2) is 24.1 Å². The summed E-state index contributed by atoms with van der Waals surface area (Å²) in [5, 5.41) is 9.36. The predicted molar refractivity (Wildman–Crippen MR) is 113 cm³/mol. The second kappa shape index (κ2) is 11.2. The van der Waals surface area contributed by atoms with Gasteiger partial charge in [-0.2, -0.15) is 0 Å². The molecule has 2 rings (SSSR count). The third-order valence-electron chi connectivity index (χ3n) is 4.19. The minimum Gasteiger partial charge on any atom is -0.508 e. The molecule has 0 heterocycles. The molecule has 0 aliphatic rings. The number of hydrogen-bond donors (Lipinski definition) is 1. The Morgan fingerprint density at radius 2 is 1.50 bits per heavy atom. The lowest BCUT2D eigenvalue weighted by atomic mass is 10.0. The zero-order chi connectivity index (χ0) is 20.4. The zero-order valence-corrected chi connectivity index (χ0v) is 17.0. The van der Waals surface area contributed by atoms with E-state index in [1.54, 1.807) is 18.2 Å². The highest BCUT2D eigenvalue weighted by atomic mass is 16.5.